The molecule has 0 unspecified atom stereocenters. The van der Waals surface area contributed by atoms with Crippen molar-refractivity contribution >= 4 is 45.1 Å². The lowest BCUT2D eigenvalue weighted by Crippen LogP contribution is -2.37. The molecule has 2 aromatic carbocycles. The number of nitrogens with zero attached hydrogens (tertiary/aromatic N) is 2. The molecule has 0 aliphatic carbocycles. The fourth-order valence-corrected chi connectivity index (χ4v) is 4.76. The molecule has 1 atom stereocenters. The van der Waals surface area contributed by atoms with E-state index in [1.165, 1.54) is 11.8 Å². The van der Waals surface area contributed by atoms with Crippen LogP contribution in [0.3, 0.4) is 0 Å². The number of imide groups is 1. The second-order valence-electron chi connectivity index (χ2n) is 5.68. The minimum absolute atomic E-state index is 0.00968. The number of para-hydroxylation sites is 1. The Morgan fingerprint density at radius 2 is 1.68 bits per heavy atom. The molecule has 1 aliphatic rings. The topological polar surface area (TPSA) is 70.5 Å². The third-order valence-electron chi connectivity index (χ3n) is 3.94. The summed E-state index contributed by atoms with van der Waals surface area (Å²) in [5.41, 5.74) is 1.74. The monoisotopic (exact) mass is 370 g/mol. The highest BCUT2D eigenvalue weighted by Gasteiger charge is 2.36. The molecule has 25 heavy (non-hydrogen) atoms. The van der Waals surface area contributed by atoms with Crippen LogP contribution in [0.5, 0.6) is 0 Å². The second kappa shape index (κ2) is 6.59. The summed E-state index contributed by atoms with van der Waals surface area (Å²) in [4.78, 5) is 30.2. The second-order valence-corrected chi connectivity index (χ2v) is 7.98. The minimum atomic E-state index is -0.806. The van der Waals surface area contributed by atoms with Gasteiger partial charge in [0, 0.05) is 5.75 Å². The van der Waals surface area contributed by atoms with Gasteiger partial charge in [-0.15, -0.1) is 11.3 Å². The highest BCUT2D eigenvalue weighted by Crippen LogP contribution is 2.30. The first-order valence-electron chi connectivity index (χ1n) is 7.75. The zero-order valence-corrected chi connectivity index (χ0v) is 14.7. The third kappa shape index (κ3) is 3.06. The van der Waals surface area contributed by atoms with Gasteiger partial charge in [0.1, 0.15) is 0 Å². The first kappa shape index (κ1) is 16.3. The number of aliphatic hydroxyl groups excluding tert-OH is 1. The normalized spacial score (nSPS) is 15.0. The zero-order valence-electron chi connectivity index (χ0n) is 13.1. The predicted octanol–water partition coefficient (Wildman–Crippen LogP) is 3.05. The summed E-state index contributed by atoms with van der Waals surface area (Å²) in [6.07, 6.45) is -0.806. The Morgan fingerprint density at radius 1 is 1.04 bits per heavy atom. The lowest BCUT2D eigenvalue weighted by atomic mass is 10.1. The number of aromatic nitrogens is 1. The molecule has 1 N–H and O–H groups in total. The Morgan fingerprint density at radius 3 is 2.36 bits per heavy atom. The molecule has 126 valence electrons. The van der Waals surface area contributed by atoms with E-state index in [1.807, 2.05) is 24.3 Å². The number of rotatable bonds is 5. The van der Waals surface area contributed by atoms with Gasteiger partial charge in [-0.25, -0.2) is 4.98 Å². The summed E-state index contributed by atoms with van der Waals surface area (Å²) in [6.45, 7) is -0.00968. The smallest absolute Gasteiger partial charge is 0.261 e. The van der Waals surface area contributed by atoms with Crippen molar-refractivity contribution in [1.29, 1.82) is 0 Å². The SMILES string of the molecule is O=C1c2ccccc2C(=O)N1C[C@@H](O)CSc1nc2ccccc2s1. The summed E-state index contributed by atoms with van der Waals surface area (Å²) in [7, 11) is 0. The maximum absolute atomic E-state index is 12.3. The Bertz CT molecular complexity index is 902. The van der Waals surface area contributed by atoms with Gasteiger partial charge in [-0.3, -0.25) is 14.5 Å². The van der Waals surface area contributed by atoms with Crippen molar-refractivity contribution in [3.63, 3.8) is 0 Å². The molecular weight excluding hydrogens is 356 g/mol. The zero-order chi connectivity index (χ0) is 17.4. The van der Waals surface area contributed by atoms with Crippen molar-refractivity contribution in [1.82, 2.24) is 9.88 Å². The quantitative estimate of drug-likeness (QED) is 0.552. The maximum Gasteiger partial charge on any atom is 0.261 e. The van der Waals surface area contributed by atoms with E-state index < -0.39 is 6.10 Å². The van der Waals surface area contributed by atoms with E-state index in [0.717, 1.165) is 19.5 Å². The molecule has 1 aliphatic heterocycles. The molecule has 0 radical (unpaired) electrons. The van der Waals surface area contributed by atoms with Crippen LogP contribution in [0.15, 0.2) is 52.9 Å². The molecule has 0 bridgehead atoms. The number of carbonyl (C=O) groups is 2. The van der Waals surface area contributed by atoms with Gasteiger partial charge in [-0.1, -0.05) is 36.0 Å². The van der Waals surface area contributed by atoms with Crippen molar-refractivity contribution in [3.05, 3.63) is 59.7 Å². The maximum atomic E-state index is 12.3. The van der Waals surface area contributed by atoms with E-state index >= 15 is 0 Å². The number of thiazole rings is 1. The molecule has 0 saturated heterocycles. The fraction of sp³-hybridized carbons (Fsp3) is 0.167. The molecule has 2 heterocycles. The van der Waals surface area contributed by atoms with E-state index in [4.69, 9.17) is 0 Å². The van der Waals surface area contributed by atoms with Crippen molar-refractivity contribution < 1.29 is 14.7 Å². The molecule has 1 aromatic heterocycles. The summed E-state index contributed by atoms with van der Waals surface area (Å²) in [5, 5.41) is 10.3. The Hall–Kier alpha value is -2.22. The summed E-state index contributed by atoms with van der Waals surface area (Å²) in [5.74, 6) is -0.318. The van der Waals surface area contributed by atoms with Crippen LogP contribution in [0.4, 0.5) is 0 Å². The lowest BCUT2D eigenvalue weighted by molar-refractivity contribution is 0.0567. The number of fused-ring (bicyclic) bond motifs is 2. The number of aliphatic hydroxyl groups is 1. The average Bonchev–Trinajstić information content (AvgIpc) is 3.15. The molecule has 0 spiro atoms. The highest BCUT2D eigenvalue weighted by molar-refractivity contribution is 8.01. The molecule has 3 aromatic rings. The predicted molar refractivity (Wildman–Crippen MR) is 98.2 cm³/mol. The molecule has 4 rings (SSSR count). The van der Waals surface area contributed by atoms with Gasteiger partial charge < -0.3 is 5.11 Å². The van der Waals surface area contributed by atoms with Crippen LogP contribution >= 0.6 is 23.1 Å². The lowest BCUT2D eigenvalue weighted by Gasteiger charge is -2.17. The van der Waals surface area contributed by atoms with Crippen molar-refractivity contribution in [2.75, 3.05) is 12.3 Å². The average molecular weight is 370 g/mol. The van der Waals surface area contributed by atoms with E-state index in [-0.39, 0.29) is 18.4 Å². The Kier molecular flexibility index (Phi) is 4.29. The van der Waals surface area contributed by atoms with E-state index in [9.17, 15) is 14.7 Å². The van der Waals surface area contributed by atoms with E-state index in [2.05, 4.69) is 4.98 Å². The number of hydrogen-bond donors (Lipinski definition) is 1. The van der Waals surface area contributed by atoms with Crippen molar-refractivity contribution in [3.8, 4) is 0 Å². The van der Waals surface area contributed by atoms with E-state index in [0.29, 0.717) is 16.9 Å². The Balaban J connectivity index is 1.40. The number of thioether (sulfide) groups is 1. The molecule has 0 fully saturated rings. The number of benzene rings is 2. The van der Waals surface area contributed by atoms with Gasteiger partial charge in [0.05, 0.1) is 34.0 Å². The van der Waals surface area contributed by atoms with Crippen LogP contribution < -0.4 is 0 Å². The molecular formula is C18H14N2O3S2. The standard InChI is InChI=1S/C18H14N2O3S2/c21-11(10-24-18-19-14-7-3-4-8-15(14)25-18)9-20-16(22)12-5-1-2-6-13(12)17(20)23/h1-8,11,21H,9-10H2/t11-/m1/s1. The number of hydrogen-bond acceptors (Lipinski definition) is 6. The first-order valence-corrected chi connectivity index (χ1v) is 9.55. The minimum Gasteiger partial charge on any atom is -0.390 e. The van der Waals surface area contributed by atoms with Crippen molar-refractivity contribution in [2.45, 2.75) is 10.4 Å². The van der Waals surface area contributed by atoms with Gasteiger partial charge in [-0.2, -0.15) is 0 Å². The van der Waals surface area contributed by atoms with E-state index in [1.54, 1.807) is 35.6 Å². The van der Waals surface area contributed by atoms with Crippen LogP contribution in [0, 0.1) is 0 Å². The first-order chi connectivity index (χ1) is 12.1. The van der Waals surface area contributed by atoms with Crippen molar-refractivity contribution in [2.24, 2.45) is 0 Å². The number of amides is 2. The molecule has 0 saturated carbocycles. The summed E-state index contributed by atoms with van der Waals surface area (Å²) in [6, 6.07) is 14.6. The molecule has 7 heteroatoms. The molecule has 2 amide bonds. The van der Waals surface area contributed by atoms with Crippen LogP contribution in [-0.4, -0.2) is 45.2 Å². The van der Waals surface area contributed by atoms with Gasteiger partial charge in [-0.05, 0) is 24.3 Å². The van der Waals surface area contributed by atoms with Gasteiger partial charge >= 0.3 is 0 Å². The van der Waals surface area contributed by atoms with Crippen LogP contribution in [0.1, 0.15) is 20.7 Å². The number of β-amino-alcohol motifs (C(OH)–C–C–N with tert-alkyl or cyclic N) is 1. The fourth-order valence-electron chi connectivity index (χ4n) is 2.75. The van der Waals surface area contributed by atoms with Gasteiger partial charge in [0.2, 0.25) is 0 Å². The highest BCUT2D eigenvalue weighted by atomic mass is 32.2. The van der Waals surface area contributed by atoms with Crippen LogP contribution in [0.2, 0.25) is 0 Å². The molecule has 5 nitrogen and oxygen atoms in total. The number of carbonyl (C=O) groups excluding carboxylic acids is 2. The van der Waals surface area contributed by atoms with Gasteiger partial charge in [0.25, 0.3) is 11.8 Å². The summed E-state index contributed by atoms with van der Waals surface area (Å²) < 4.78 is 1.96. The van der Waals surface area contributed by atoms with Crippen LogP contribution in [0.25, 0.3) is 10.2 Å². The van der Waals surface area contributed by atoms with Crippen LogP contribution in [-0.2, 0) is 0 Å². The summed E-state index contributed by atoms with van der Waals surface area (Å²) >= 11 is 3.00. The van der Waals surface area contributed by atoms with Gasteiger partial charge in [0.15, 0.2) is 4.34 Å². The Labute approximate surface area is 152 Å². The third-order valence-corrected chi connectivity index (χ3v) is 6.27. The largest absolute Gasteiger partial charge is 0.390 e.